The fourth-order valence-electron chi connectivity index (χ4n) is 4.50. The number of rotatable bonds is 8. The molecule has 0 bridgehead atoms. The van der Waals surface area contributed by atoms with Gasteiger partial charge < -0.3 is 19.8 Å². The van der Waals surface area contributed by atoms with E-state index in [1.807, 2.05) is 53.6 Å². The molecular formula is C25H29N3O4. The Labute approximate surface area is 187 Å². The van der Waals surface area contributed by atoms with Crippen molar-refractivity contribution in [1.29, 1.82) is 0 Å². The molecule has 7 heteroatoms. The van der Waals surface area contributed by atoms with Crippen molar-refractivity contribution in [3.63, 3.8) is 0 Å². The average Bonchev–Trinajstić information content (AvgIpc) is 3.46. The van der Waals surface area contributed by atoms with Gasteiger partial charge in [-0.1, -0.05) is 30.3 Å². The molecule has 1 amide bonds. The number of aromatic nitrogens is 1. The molecule has 0 aliphatic carbocycles. The first-order chi connectivity index (χ1) is 15.6. The average molecular weight is 436 g/mol. The van der Waals surface area contributed by atoms with Crippen molar-refractivity contribution in [1.82, 2.24) is 15.2 Å². The number of hydrogen-bond donors (Lipinski definition) is 2. The Morgan fingerprint density at radius 2 is 1.94 bits per heavy atom. The molecule has 3 aromatic rings. The van der Waals surface area contributed by atoms with Crippen LogP contribution in [0, 0.1) is 0 Å². The molecule has 1 aromatic heterocycles. The summed E-state index contributed by atoms with van der Waals surface area (Å²) >= 11 is 0. The van der Waals surface area contributed by atoms with Crippen LogP contribution in [0.5, 0.6) is 5.75 Å². The molecule has 2 unspecified atom stereocenters. The number of benzene rings is 2. The van der Waals surface area contributed by atoms with Crippen LogP contribution in [-0.2, 0) is 14.3 Å². The smallest absolute Gasteiger partial charge is 0.323 e. The normalized spacial score (nSPS) is 17.2. The van der Waals surface area contributed by atoms with Crippen LogP contribution in [-0.4, -0.2) is 61.7 Å². The molecule has 2 N–H and O–H groups in total. The van der Waals surface area contributed by atoms with Crippen LogP contribution in [0.3, 0.4) is 0 Å². The molecule has 0 radical (unpaired) electrons. The predicted molar refractivity (Wildman–Crippen MR) is 123 cm³/mol. The van der Waals surface area contributed by atoms with Gasteiger partial charge in [-0.25, -0.2) is 0 Å². The fourth-order valence-corrected chi connectivity index (χ4v) is 4.50. The number of methoxy groups -OCH3 is 2. The lowest BCUT2D eigenvalue weighted by atomic mass is 9.90. The van der Waals surface area contributed by atoms with Crippen molar-refractivity contribution in [2.75, 3.05) is 33.9 Å². The predicted octanol–water partition coefficient (Wildman–Crippen LogP) is 3.06. The van der Waals surface area contributed by atoms with Gasteiger partial charge in [-0.3, -0.25) is 14.5 Å². The third kappa shape index (κ3) is 4.62. The Morgan fingerprint density at radius 1 is 1.16 bits per heavy atom. The lowest BCUT2D eigenvalue weighted by Crippen LogP contribution is -2.44. The molecule has 1 fully saturated rings. The van der Waals surface area contributed by atoms with Crippen LogP contribution in [0.4, 0.5) is 0 Å². The Morgan fingerprint density at radius 3 is 2.69 bits per heavy atom. The van der Waals surface area contributed by atoms with E-state index < -0.39 is 0 Å². The molecule has 0 saturated carbocycles. The Hall–Kier alpha value is -3.32. The number of fused-ring (bicyclic) bond motifs is 1. The number of carbonyl (C=O) groups is 2. The molecule has 0 spiro atoms. The van der Waals surface area contributed by atoms with E-state index in [4.69, 9.17) is 9.47 Å². The summed E-state index contributed by atoms with van der Waals surface area (Å²) in [4.78, 5) is 30.0. The fraction of sp³-hybridized carbons (Fsp3) is 0.360. The van der Waals surface area contributed by atoms with Crippen LogP contribution in [0.2, 0.25) is 0 Å². The highest BCUT2D eigenvalue weighted by molar-refractivity contribution is 5.85. The summed E-state index contributed by atoms with van der Waals surface area (Å²) in [5, 5.41) is 4.22. The first-order valence-corrected chi connectivity index (χ1v) is 10.9. The zero-order valence-electron chi connectivity index (χ0n) is 18.5. The first kappa shape index (κ1) is 21.9. The first-order valence-electron chi connectivity index (χ1n) is 10.9. The van der Waals surface area contributed by atoms with Gasteiger partial charge in [0.15, 0.2) is 0 Å². The van der Waals surface area contributed by atoms with Crippen molar-refractivity contribution >= 4 is 22.8 Å². The van der Waals surface area contributed by atoms with E-state index in [2.05, 4.69) is 16.4 Å². The Balaban J connectivity index is 1.52. The number of ether oxygens (including phenoxy) is 2. The van der Waals surface area contributed by atoms with Crippen LogP contribution < -0.4 is 10.1 Å². The van der Waals surface area contributed by atoms with Gasteiger partial charge in [-0.2, -0.15) is 0 Å². The second-order valence-electron chi connectivity index (χ2n) is 8.07. The summed E-state index contributed by atoms with van der Waals surface area (Å²) in [5.41, 5.74) is 3.27. The lowest BCUT2D eigenvalue weighted by molar-refractivity contribution is -0.146. The number of nitrogens with one attached hydrogen (secondary N) is 2. The second-order valence-corrected chi connectivity index (χ2v) is 8.07. The summed E-state index contributed by atoms with van der Waals surface area (Å²) < 4.78 is 10.2. The summed E-state index contributed by atoms with van der Waals surface area (Å²) in [5.74, 6) is 0.388. The van der Waals surface area contributed by atoms with E-state index in [1.54, 1.807) is 7.11 Å². The third-order valence-electron chi connectivity index (χ3n) is 6.20. The van der Waals surface area contributed by atoms with Crippen molar-refractivity contribution in [3.05, 3.63) is 65.9 Å². The molecule has 1 aliphatic rings. The van der Waals surface area contributed by atoms with Gasteiger partial charge in [0, 0.05) is 29.6 Å². The van der Waals surface area contributed by atoms with Gasteiger partial charge in [-0.05, 0) is 48.7 Å². The van der Waals surface area contributed by atoms with E-state index in [0.29, 0.717) is 6.54 Å². The van der Waals surface area contributed by atoms with Crippen molar-refractivity contribution in [2.45, 2.75) is 24.8 Å². The molecule has 32 heavy (non-hydrogen) atoms. The zero-order chi connectivity index (χ0) is 22.5. The number of likely N-dealkylation sites (tertiary alicyclic amines) is 1. The van der Waals surface area contributed by atoms with Crippen LogP contribution in [0.1, 0.15) is 29.9 Å². The molecular weight excluding hydrogens is 406 g/mol. The largest absolute Gasteiger partial charge is 0.497 e. The monoisotopic (exact) mass is 435 g/mol. The maximum atomic E-state index is 12.8. The van der Waals surface area contributed by atoms with Crippen molar-refractivity contribution in [2.24, 2.45) is 0 Å². The quantitative estimate of drug-likeness (QED) is 0.532. The van der Waals surface area contributed by atoms with Crippen molar-refractivity contribution < 1.29 is 19.1 Å². The highest BCUT2D eigenvalue weighted by Gasteiger charge is 2.32. The van der Waals surface area contributed by atoms with E-state index in [0.717, 1.165) is 47.2 Å². The highest BCUT2D eigenvalue weighted by atomic mass is 16.5. The zero-order valence-corrected chi connectivity index (χ0v) is 18.5. The standard InChI is InChI=1S/C25H29N3O4/c1-31-18-11-9-17(10-12-18)20(21-15-26-22-7-4-3-6-19(21)22)14-27-24(29)16-28-13-5-8-23(28)25(30)32-2/h3-4,6-7,9-12,15,20,23,26H,5,8,13-14,16H2,1-2H3,(H,27,29). The third-order valence-corrected chi connectivity index (χ3v) is 6.20. The number of aromatic amines is 1. The maximum Gasteiger partial charge on any atom is 0.323 e. The molecule has 7 nitrogen and oxygen atoms in total. The van der Waals surface area contributed by atoms with E-state index in [-0.39, 0.29) is 30.4 Å². The molecule has 4 rings (SSSR count). The number of para-hydroxylation sites is 1. The molecule has 2 aromatic carbocycles. The second kappa shape index (κ2) is 9.87. The summed E-state index contributed by atoms with van der Waals surface area (Å²) in [6.45, 7) is 1.35. The van der Waals surface area contributed by atoms with Gasteiger partial charge in [0.05, 0.1) is 20.8 Å². The molecule has 1 saturated heterocycles. The summed E-state index contributed by atoms with van der Waals surface area (Å²) in [6.07, 6.45) is 3.63. The van der Waals surface area contributed by atoms with Crippen molar-refractivity contribution in [3.8, 4) is 5.75 Å². The Bertz CT molecular complexity index is 1080. The molecule has 2 heterocycles. The number of amides is 1. The number of nitrogens with zero attached hydrogens (tertiary/aromatic N) is 1. The number of carbonyl (C=O) groups excluding carboxylic acids is 2. The maximum absolute atomic E-state index is 12.8. The van der Waals surface area contributed by atoms with Crippen LogP contribution >= 0.6 is 0 Å². The highest BCUT2D eigenvalue weighted by Crippen LogP contribution is 2.31. The molecule has 168 valence electrons. The Kier molecular flexibility index (Phi) is 6.75. The number of H-pyrrole nitrogens is 1. The lowest BCUT2D eigenvalue weighted by Gasteiger charge is -2.23. The van der Waals surface area contributed by atoms with E-state index >= 15 is 0 Å². The summed E-state index contributed by atoms with van der Waals surface area (Å²) in [7, 11) is 3.03. The molecule has 2 atom stereocenters. The van der Waals surface area contributed by atoms with E-state index in [1.165, 1.54) is 7.11 Å². The minimum Gasteiger partial charge on any atom is -0.497 e. The molecule has 1 aliphatic heterocycles. The minimum absolute atomic E-state index is 0.0315. The number of hydrogen-bond acceptors (Lipinski definition) is 5. The van der Waals surface area contributed by atoms with E-state index in [9.17, 15) is 9.59 Å². The van der Waals surface area contributed by atoms with Crippen LogP contribution in [0.25, 0.3) is 10.9 Å². The topological polar surface area (TPSA) is 83.7 Å². The van der Waals surface area contributed by atoms with Gasteiger partial charge in [0.1, 0.15) is 11.8 Å². The van der Waals surface area contributed by atoms with Gasteiger partial charge >= 0.3 is 5.97 Å². The van der Waals surface area contributed by atoms with Crippen LogP contribution in [0.15, 0.2) is 54.7 Å². The SMILES string of the molecule is COC(=O)C1CCCN1CC(=O)NCC(c1ccc(OC)cc1)c1c[nH]c2ccccc12. The number of esters is 1. The minimum atomic E-state index is -0.336. The van der Waals surface area contributed by atoms with Gasteiger partial charge in [0.25, 0.3) is 0 Å². The van der Waals surface area contributed by atoms with Gasteiger partial charge in [0.2, 0.25) is 5.91 Å². The summed E-state index contributed by atoms with van der Waals surface area (Å²) in [6, 6.07) is 15.7. The van der Waals surface area contributed by atoms with Gasteiger partial charge in [-0.15, -0.1) is 0 Å².